The largest absolute Gasteiger partial charge is 0.439 e. The number of aryl methyl sites for hydroxylation is 1. The van der Waals surface area contributed by atoms with E-state index in [9.17, 15) is 14.7 Å². The lowest BCUT2D eigenvalue weighted by Crippen LogP contribution is -2.36. The van der Waals surface area contributed by atoms with E-state index in [0.29, 0.717) is 12.4 Å². The molecule has 1 saturated carbocycles. The highest BCUT2D eigenvalue weighted by Gasteiger charge is 2.30. The molecule has 0 radical (unpaired) electrons. The van der Waals surface area contributed by atoms with Crippen LogP contribution in [0.4, 0.5) is 0 Å². The maximum Gasteiger partial charge on any atom is 0.439 e. The number of hydrogen-bond donors (Lipinski definition) is 2. The molecule has 0 spiro atoms. The second-order valence-corrected chi connectivity index (χ2v) is 12.8. The van der Waals surface area contributed by atoms with Crippen molar-refractivity contribution in [2.24, 2.45) is 0 Å². The maximum atomic E-state index is 14.5. The Bertz CT molecular complexity index is 1880. The molecule has 10 heteroatoms. The molecule has 0 amide bonds. The van der Waals surface area contributed by atoms with Crippen LogP contribution in [-0.4, -0.2) is 47.7 Å². The molecule has 1 unspecified atom stereocenters. The summed E-state index contributed by atoms with van der Waals surface area (Å²) < 4.78 is 14.7. The smallest absolute Gasteiger partial charge is 0.388 e. The van der Waals surface area contributed by atoms with Gasteiger partial charge in [0.2, 0.25) is 0 Å². The SMILES string of the molecule is CCCc1c(C(C)c2ccc(-c3ccccc3-c3noc(=O)[nH]3)cc2)c(=O)n([C@H]2CC[C@H](OCC(C)(C)O)CC2)c2ccnn12. The van der Waals surface area contributed by atoms with Crippen LogP contribution in [-0.2, 0) is 11.2 Å². The van der Waals surface area contributed by atoms with E-state index in [1.165, 1.54) is 0 Å². The van der Waals surface area contributed by atoms with Crippen LogP contribution >= 0.6 is 0 Å². The number of fused-ring (bicyclic) bond motifs is 1. The molecule has 5 aromatic rings. The van der Waals surface area contributed by atoms with Gasteiger partial charge in [-0.1, -0.05) is 74.0 Å². The number of aromatic nitrogens is 5. The molecule has 0 bridgehead atoms. The zero-order valence-corrected chi connectivity index (χ0v) is 26.3. The van der Waals surface area contributed by atoms with Gasteiger partial charge in [0.05, 0.1) is 30.2 Å². The minimum Gasteiger partial charge on any atom is -0.388 e. The number of aliphatic hydroxyl groups is 1. The van der Waals surface area contributed by atoms with Crippen LogP contribution in [0.1, 0.15) is 88.6 Å². The van der Waals surface area contributed by atoms with Gasteiger partial charge in [-0.2, -0.15) is 5.10 Å². The van der Waals surface area contributed by atoms with Gasteiger partial charge in [-0.3, -0.25) is 18.9 Å². The van der Waals surface area contributed by atoms with Gasteiger partial charge in [-0.05, 0) is 62.6 Å². The number of nitrogens with zero attached hydrogens (tertiary/aromatic N) is 4. The Labute approximate surface area is 261 Å². The molecule has 1 fully saturated rings. The zero-order valence-electron chi connectivity index (χ0n) is 26.3. The lowest BCUT2D eigenvalue weighted by atomic mass is 9.88. The number of hydrogen-bond acceptors (Lipinski definition) is 7. The molecule has 6 rings (SSSR count). The van der Waals surface area contributed by atoms with Gasteiger partial charge in [0.25, 0.3) is 5.56 Å². The van der Waals surface area contributed by atoms with E-state index in [2.05, 4.69) is 36.1 Å². The molecule has 45 heavy (non-hydrogen) atoms. The van der Waals surface area contributed by atoms with Crippen LogP contribution in [0.2, 0.25) is 0 Å². The highest BCUT2D eigenvalue weighted by atomic mass is 16.5. The zero-order chi connectivity index (χ0) is 31.7. The quantitative estimate of drug-likeness (QED) is 0.202. The summed E-state index contributed by atoms with van der Waals surface area (Å²) in [4.78, 5) is 28.8. The minimum absolute atomic E-state index is 0.0437. The van der Waals surface area contributed by atoms with Gasteiger partial charge >= 0.3 is 5.76 Å². The van der Waals surface area contributed by atoms with Crippen molar-refractivity contribution in [3.63, 3.8) is 0 Å². The summed E-state index contributed by atoms with van der Waals surface area (Å²) in [6, 6.07) is 17.9. The highest BCUT2D eigenvalue weighted by molar-refractivity contribution is 5.80. The molecule has 1 atom stereocenters. The molecule has 1 aliphatic rings. The number of rotatable bonds is 10. The number of aromatic amines is 1. The topological polar surface area (TPSA) is 128 Å². The Morgan fingerprint density at radius 3 is 2.40 bits per heavy atom. The fraction of sp³-hybridized carbons (Fsp3) is 0.429. The Balaban J connectivity index is 1.34. The highest BCUT2D eigenvalue weighted by Crippen LogP contribution is 2.35. The van der Waals surface area contributed by atoms with Crippen LogP contribution in [0, 0.1) is 0 Å². The summed E-state index contributed by atoms with van der Waals surface area (Å²) in [5, 5.41) is 18.7. The molecular formula is C35H41N5O5. The summed E-state index contributed by atoms with van der Waals surface area (Å²) in [6.07, 6.45) is 6.81. The first-order chi connectivity index (χ1) is 21.6. The molecule has 2 N–H and O–H groups in total. The van der Waals surface area contributed by atoms with Crippen molar-refractivity contribution in [1.29, 1.82) is 0 Å². The van der Waals surface area contributed by atoms with Crippen molar-refractivity contribution < 1.29 is 14.4 Å². The number of H-pyrrole nitrogens is 1. The summed E-state index contributed by atoms with van der Waals surface area (Å²) in [6.45, 7) is 8.03. The Morgan fingerprint density at radius 2 is 1.76 bits per heavy atom. The molecule has 1 aliphatic carbocycles. The lowest BCUT2D eigenvalue weighted by molar-refractivity contribution is -0.0654. The van der Waals surface area contributed by atoms with Crippen LogP contribution in [0.5, 0.6) is 0 Å². The molecule has 3 aromatic heterocycles. The normalized spacial score (nSPS) is 18.0. The predicted octanol–water partition coefficient (Wildman–Crippen LogP) is 5.88. The van der Waals surface area contributed by atoms with Gasteiger partial charge < -0.3 is 9.84 Å². The van der Waals surface area contributed by atoms with Crippen molar-refractivity contribution in [2.45, 2.75) is 89.9 Å². The van der Waals surface area contributed by atoms with Crippen LogP contribution in [0.15, 0.2) is 74.9 Å². The Kier molecular flexibility index (Phi) is 8.61. The first-order valence-corrected chi connectivity index (χ1v) is 15.8. The van der Waals surface area contributed by atoms with E-state index in [4.69, 9.17) is 14.4 Å². The van der Waals surface area contributed by atoms with Crippen molar-refractivity contribution in [3.05, 3.63) is 98.5 Å². The van der Waals surface area contributed by atoms with E-state index in [1.807, 2.05) is 51.5 Å². The lowest BCUT2D eigenvalue weighted by Gasteiger charge is -2.32. The third-order valence-electron chi connectivity index (χ3n) is 8.83. The molecular weight excluding hydrogens is 570 g/mol. The van der Waals surface area contributed by atoms with E-state index < -0.39 is 11.4 Å². The standard InChI is InChI=1S/C35H41N5O5/c1-5-8-29-31(22(2)23-11-13-24(14-12-23)27-9-6-7-10-28(27)32-37-34(42)45-38-32)33(41)39(30-19-20-36-40(29)30)25-15-17-26(18-16-25)44-21-35(3,4)43/h6-7,9-14,19-20,22,25-26,43H,5,8,15-18,21H2,1-4H3,(H,37,38,42)/t22?,25-,26-. The van der Waals surface area contributed by atoms with Gasteiger partial charge in [0, 0.05) is 29.2 Å². The minimum atomic E-state index is -0.864. The van der Waals surface area contributed by atoms with E-state index >= 15 is 0 Å². The molecule has 2 aromatic carbocycles. The molecule has 3 heterocycles. The second-order valence-electron chi connectivity index (χ2n) is 12.8. The van der Waals surface area contributed by atoms with Gasteiger partial charge in [-0.15, -0.1) is 0 Å². The third kappa shape index (κ3) is 6.30. The average Bonchev–Trinajstić information content (AvgIpc) is 3.70. The van der Waals surface area contributed by atoms with E-state index in [-0.39, 0.29) is 23.6 Å². The van der Waals surface area contributed by atoms with E-state index in [0.717, 1.165) is 77.7 Å². The fourth-order valence-corrected chi connectivity index (χ4v) is 6.62. The summed E-state index contributed by atoms with van der Waals surface area (Å²) in [5.41, 5.74) is 5.42. The van der Waals surface area contributed by atoms with Gasteiger partial charge in [-0.25, -0.2) is 9.31 Å². The first kappa shape index (κ1) is 30.7. The van der Waals surface area contributed by atoms with Crippen molar-refractivity contribution >= 4 is 5.65 Å². The Hall–Kier alpha value is -4.28. The summed E-state index contributed by atoms with van der Waals surface area (Å²) >= 11 is 0. The average molecular weight is 612 g/mol. The van der Waals surface area contributed by atoms with Crippen LogP contribution in [0.25, 0.3) is 28.2 Å². The number of ether oxygens (including phenoxy) is 1. The summed E-state index contributed by atoms with van der Waals surface area (Å²) in [7, 11) is 0. The van der Waals surface area contributed by atoms with Crippen molar-refractivity contribution in [2.75, 3.05) is 6.61 Å². The van der Waals surface area contributed by atoms with Gasteiger partial charge in [0.15, 0.2) is 5.82 Å². The van der Waals surface area contributed by atoms with Gasteiger partial charge in [0.1, 0.15) is 5.65 Å². The monoisotopic (exact) mass is 611 g/mol. The maximum absolute atomic E-state index is 14.5. The molecule has 0 aliphatic heterocycles. The van der Waals surface area contributed by atoms with E-state index in [1.54, 1.807) is 20.0 Å². The molecule has 236 valence electrons. The van der Waals surface area contributed by atoms with Crippen LogP contribution < -0.4 is 11.3 Å². The fourth-order valence-electron chi connectivity index (χ4n) is 6.62. The number of benzene rings is 2. The van der Waals surface area contributed by atoms with Crippen molar-refractivity contribution in [1.82, 2.24) is 24.3 Å². The third-order valence-corrected chi connectivity index (χ3v) is 8.83. The number of nitrogens with one attached hydrogen (secondary N) is 1. The molecule has 0 saturated heterocycles. The first-order valence-electron chi connectivity index (χ1n) is 15.8. The van der Waals surface area contributed by atoms with Crippen molar-refractivity contribution in [3.8, 4) is 22.5 Å². The predicted molar refractivity (Wildman–Crippen MR) is 173 cm³/mol. The molecule has 10 nitrogen and oxygen atoms in total. The van der Waals surface area contributed by atoms with Crippen LogP contribution in [0.3, 0.4) is 0 Å². The second kappa shape index (κ2) is 12.6. The Morgan fingerprint density at radius 1 is 1.04 bits per heavy atom. The summed E-state index contributed by atoms with van der Waals surface area (Å²) in [5.74, 6) is -0.386.